The molecule has 2 amide bonds. The Morgan fingerprint density at radius 2 is 1.74 bits per heavy atom. The molecule has 1 fully saturated rings. The van der Waals surface area contributed by atoms with Gasteiger partial charge in [-0.15, -0.1) is 0 Å². The Hall–Kier alpha value is -3.86. The van der Waals surface area contributed by atoms with Crippen molar-refractivity contribution in [2.75, 3.05) is 13.7 Å². The Labute approximate surface area is 181 Å². The predicted molar refractivity (Wildman–Crippen MR) is 120 cm³/mol. The number of amides is 2. The fourth-order valence-electron chi connectivity index (χ4n) is 3.68. The summed E-state index contributed by atoms with van der Waals surface area (Å²) in [4.78, 5) is 26.3. The molecule has 0 aromatic heterocycles. The monoisotopic (exact) mass is 413 g/mol. The van der Waals surface area contributed by atoms with Gasteiger partial charge in [0.1, 0.15) is 12.4 Å². The summed E-state index contributed by atoms with van der Waals surface area (Å²) >= 11 is 0. The van der Waals surface area contributed by atoms with Crippen molar-refractivity contribution < 1.29 is 19.1 Å². The van der Waals surface area contributed by atoms with Crippen LogP contribution in [0.25, 0.3) is 17.2 Å². The molecule has 5 nitrogen and oxygen atoms in total. The van der Waals surface area contributed by atoms with Crippen LogP contribution in [0.3, 0.4) is 0 Å². The molecule has 0 spiro atoms. The SMILES string of the molecule is COc1ccc(-c2ccccc2)cc1C=CC(=O)N1C(=O)OCC1Cc1ccccc1. The van der Waals surface area contributed by atoms with Crippen LogP contribution < -0.4 is 4.74 Å². The van der Waals surface area contributed by atoms with E-state index in [-0.39, 0.29) is 12.6 Å². The van der Waals surface area contributed by atoms with Crippen molar-refractivity contribution in [3.8, 4) is 16.9 Å². The van der Waals surface area contributed by atoms with Crippen molar-refractivity contribution in [3.63, 3.8) is 0 Å². The molecule has 1 saturated heterocycles. The summed E-state index contributed by atoms with van der Waals surface area (Å²) in [5.41, 5.74) is 3.88. The highest BCUT2D eigenvalue weighted by atomic mass is 16.6. The van der Waals surface area contributed by atoms with E-state index in [1.165, 1.54) is 11.0 Å². The van der Waals surface area contributed by atoms with E-state index in [4.69, 9.17) is 9.47 Å². The maximum atomic E-state index is 12.9. The fourth-order valence-corrected chi connectivity index (χ4v) is 3.68. The van der Waals surface area contributed by atoms with Gasteiger partial charge in [0.15, 0.2) is 0 Å². The predicted octanol–water partition coefficient (Wildman–Crippen LogP) is 4.97. The van der Waals surface area contributed by atoms with Crippen molar-refractivity contribution in [1.29, 1.82) is 0 Å². The highest BCUT2D eigenvalue weighted by molar-refractivity contribution is 6.02. The minimum atomic E-state index is -0.611. The number of hydrogen-bond donors (Lipinski definition) is 0. The molecule has 156 valence electrons. The average Bonchev–Trinajstić information content (AvgIpc) is 3.18. The van der Waals surface area contributed by atoms with Gasteiger partial charge in [0.25, 0.3) is 5.91 Å². The van der Waals surface area contributed by atoms with E-state index in [1.807, 2.05) is 78.9 Å². The van der Waals surface area contributed by atoms with Crippen LogP contribution in [0.5, 0.6) is 5.75 Å². The van der Waals surface area contributed by atoms with Gasteiger partial charge in [-0.3, -0.25) is 4.79 Å². The lowest BCUT2D eigenvalue weighted by atomic mass is 10.0. The van der Waals surface area contributed by atoms with E-state index in [9.17, 15) is 9.59 Å². The topological polar surface area (TPSA) is 55.8 Å². The van der Waals surface area contributed by atoms with E-state index in [1.54, 1.807) is 13.2 Å². The van der Waals surface area contributed by atoms with E-state index in [0.717, 1.165) is 22.3 Å². The van der Waals surface area contributed by atoms with E-state index in [0.29, 0.717) is 12.2 Å². The number of benzene rings is 3. The molecule has 3 aromatic rings. The summed E-state index contributed by atoms with van der Waals surface area (Å²) in [5.74, 6) is 0.240. The van der Waals surface area contributed by atoms with Crippen LogP contribution in [0.4, 0.5) is 4.79 Å². The van der Waals surface area contributed by atoms with Crippen molar-refractivity contribution in [1.82, 2.24) is 4.90 Å². The maximum absolute atomic E-state index is 12.9. The molecule has 0 aliphatic carbocycles. The van der Waals surface area contributed by atoms with Crippen molar-refractivity contribution in [2.45, 2.75) is 12.5 Å². The van der Waals surface area contributed by atoms with Crippen LogP contribution in [0, 0.1) is 0 Å². The number of methoxy groups -OCH3 is 1. The number of carbonyl (C=O) groups is 2. The molecular weight excluding hydrogens is 390 g/mol. The normalized spacial score (nSPS) is 15.8. The summed E-state index contributed by atoms with van der Waals surface area (Å²) in [5, 5.41) is 0. The lowest BCUT2D eigenvalue weighted by molar-refractivity contribution is -0.124. The zero-order valence-corrected chi connectivity index (χ0v) is 17.2. The van der Waals surface area contributed by atoms with Gasteiger partial charge in [0.2, 0.25) is 0 Å². The second kappa shape index (κ2) is 9.30. The number of nitrogens with zero attached hydrogens (tertiary/aromatic N) is 1. The molecule has 31 heavy (non-hydrogen) atoms. The Balaban J connectivity index is 1.55. The van der Waals surface area contributed by atoms with E-state index in [2.05, 4.69) is 0 Å². The number of ether oxygens (including phenoxy) is 2. The third kappa shape index (κ3) is 4.67. The number of hydrogen-bond acceptors (Lipinski definition) is 4. The molecule has 1 atom stereocenters. The van der Waals surface area contributed by atoms with Gasteiger partial charge < -0.3 is 9.47 Å². The standard InChI is InChI=1S/C26H23NO4/c1-30-24-14-12-21(20-10-6-3-7-11-20)17-22(24)13-15-25(28)27-23(18-31-26(27)29)16-19-8-4-2-5-9-19/h2-15,17,23H,16,18H2,1H3. The zero-order valence-electron chi connectivity index (χ0n) is 17.2. The van der Waals surface area contributed by atoms with E-state index >= 15 is 0 Å². The number of rotatable bonds is 6. The molecule has 3 aromatic carbocycles. The molecule has 1 heterocycles. The largest absolute Gasteiger partial charge is 0.496 e. The highest BCUT2D eigenvalue weighted by Gasteiger charge is 2.36. The van der Waals surface area contributed by atoms with Crippen molar-refractivity contribution in [2.24, 2.45) is 0 Å². The molecule has 5 heteroatoms. The number of imide groups is 1. The first-order valence-corrected chi connectivity index (χ1v) is 10.1. The van der Waals surface area contributed by atoms with Gasteiger partial charge in [-0.25, -0.2) is 9.69 Å². The van der Waals surface area contributed by atoms with Crippen molar-refractivity contribution >= 4 is 18.1 Å². The minimum absolute atomic E-state index is 0.195. The maximum Gasteiger partial charge on any atom is 0.417 e. The zero-order chi connectivity index (χ0) is 21.6. The first-order chi connectivity index (χ1) is 15.2. The molecule has 0 saturated carbocycles. The molecule has 0 bridgehead atoms. The summed E-state index contributed by atoms with van der Waals surface area (Å²) in [7, 11) is 1.59. The molecule has 1 aliphatic rings. The summed E-state index contributed by atoms with van der Waals surface area (Å²) in [6, 6.07) is 25.2. The molecule has 1 unspecified atom stereocenters. The van der Waals surface area contributed by atoms with Gasteiger partial charge in [-0.1, -0.05) is 66.7 Å². The third-order valence-corrected chi connectivity index (χ3v) is 5.25. The molecule has 0 N–H and O–H groups in total. The molecule has 4 rings (SSSR count). The van der Waals surface area contributed by atoms with Crippen LogP contribution in [0.15, 0.2) is 84.9 Å². The van der Waals surface area contributed by atoms with Crippen molar-refractivity contribution in [3.05, 3.63) is 96.1 Å². The van der Waals surface area contributed by atoms with Gasteiger partial charge in [0, 0.05) is 11.6 Å². The van der Waals surface area contributed by atoms with Crippen LogP contribution >= 0.6 is 0 Å². The molecule has 0 radical (unpaired) electrons. The first kappa shape index (κ1) is 20.4. The Bertz CT molecular complexity index is 1090. The quantitative estimate of drug-likeness (QED) is 0.536. The van der Waals surface area contributed by atoms with Crippen LogP contribution in [0.2, 0.25) is 0 Å². The third-order valence-electron chi connectivity index (χ3n) is 5.25. The smallest absolute Gasteiger partial charge is 0.417 e. The first-order valence-electron chi connectivity index (χ1n) is 10.1. The van der Waals surface area contributed by atoms with Crippen LogP contribution in [-0.2, 0) is 16.0 Å². The van der Waals surface area contributed by atoms with Gasteiger partial charge >= 0.3 is 6.09 Å². The Morgan fingerprint density at radius 1 is 1.03 bits per heavy atom. The second-order valence-corrected chi connectivity index (χ2v) is 7.28. The lowest BCUT2D eigenvalue weighted by Gasteiger charge is -2.18. The minimum Gasteiger partial charge on any atom is -0.496 e. The number of carbonyl (C=O) groups excluding carboxylic acids is 2. The van der Waals surface area contributed by atoms with Gasteiger partial charge in [-0.2, -0.15) is 0 Å². The summed E-state index contributed by atoms with van der Waals surface area (Å²) < 4.78 is 10.6. The summed E-state index contributed by atoms with van der Waals surface area (Å²) in [6.07, 6.45) is 3.02. The highest BCUT2D eigenvalue weighted by Crippen LogP contribution is 2.28. The van der Waals surface area contributed by atoms with Crippen LogP contribution in [0.1, 0.15) is 11.1 Å². The van der Waals surface area contributed by atoms with Gasteiger partial charge in [-0.05, 0) is 41.3 Å². The molecule has 1 aliphatic heterocycles. The Morgan fingerprint density at radius 3 is 2.45 bits per heavy atom. The fraction of sp³-hybridized carbons (Fsp3) is 0.154. The van der Waals surface area contributed by atoms with E-state index < -0.39 is 12.0 Å². The second-order valence-electron chi connectivity index (χ2n) is 7.28. The average molecular weight is 413 g/mol. The summed E-state index contributed by atoms with van der Waals surface area (Å²) in [6.45, 7) is 0.195. The number of cyclic esters (lactones) is 1. The van der Waals surface area contributed by atoms with Gasteiger partial charge in [0.05, 0.1) is 13.2 Å². The molecular formula is C26H23NO4. The van der Waals surface area contributed by atoms with Crippen LogP contribution in [-0.4, -0.2) is 36.7 Å². The lowest BCUT2D eigenvalue weighted by Crippen LogP contribution is -2.39. The Kier molecular flexibility index (Phi) is 6.13.